The van der Waals surface area contributed by atoms with Crippen LogP contribution in [0.5, 0.6) is 0 Å². The number of halogens is 2. The molecule has 0 aliphatic carbocycles. The van der Waals surface area contributed by atoms with E-state index in [1.54, 1.807) is 24.3 Å². The highest BCUT2D eigenvalue weighted by atomic mass is 35.5. The van der Waals surface area contributed by atoms with Gasteiger partial charge in [0.15, 0.2) is 0 Å². The Labute approximate surface area is 168 Å². The van der Waals surface area contributed by atoms with Crippen molar-refractivity contribution in [3.05, 3.63) is 70.3 Å². The van der Waals surface area contributed by atoms with E-state index in [4.69, 9.17) is 23.2 Å². The van der Waals surface area contributed by atoms with E-state index in [1.807, 2.05) is 35.4 Å². The number of carbonyl (C=O) groups excluding carboxylic acids is 1. The predicted molar refractivity (Wildman–Crippen MR) is 111 cm³/mol. The van der Waals surface area contributed by atoms with Crippen LogP contribution >= 0.6 is 23.2 Å². The number of pyridine rings is 1. The van der Waals surface area contributed by atoms with E-state index in [0.29, 0.717) is 22.2 Å². The number of aromatic nitrogens is 1. The molecular weight excluding hydrogens is 381 g/mol. The summed E-state index contributed by atoms with van der Waals surface area (Å²) in [5.41, 5.74) is 2.68. The molecule has 1 atom stereocenters. The van der Waals surface area contributed by atoms with Gasteiger partial charge in [-0.2, -0.15) is 0 Å². The van der Waals surface area contributed by atoms with Crippen LogP contribution in [0.25, 0.3) is 10.9 Å². The van der Waals surface area contributed by atoms with Crippen molar-refractivity contribution >= 4 is 45.7 Å². The predicted octanol–water partition coefficient (Wildman–Crippen LogP) is 4.89. The fourth-order valence-electron chi connectivity index (χ4n) is 3.62. The maximum Gasteiger partial charge on any atom is 0.254 e. The summed E-state index contributed by atoms with van der Waals surface area (Å²) in [5, 5.41) is 2.39. The molecule has 1 saturated heterocycles. The fourth-order valence-corrected chi connectivity index (χ4v) is 3.91. The van der Waals surface area contributed by atoms with Crippen molar-refractivity contribution in [2.24, 2.45) is 0 Å². The van der Waals surface area contributed by atoms with E-state index < -0.39 is 0 Å². The number of benzene rings is 2. The van der Waals surface area contributed by atoms with Gasteiger partial charge in [-0.05, 0) is 55.5 Å². The van der Waals surface area contributed by atoms with Gasteiger partial charge in [0.05, 0.1) is 5.52 Å². The first-order valence-electron chi connectivity index (χ1n) is 8.88. The number of carbonyl (C=O) groups is 1. The molecule has 2 aromatic carbocycles. The van der Waals surface area contributed by atoms with Gasteiger partial charge in [-0.3, -0.25) is 9.78 Å². The van der Waals surface area contributed by atoms with E-state index in [9.17, 15) is 4.79 Å². The van der Waals surface area contributed by atoms with Crippen LogP contribution < -0.4 is 4.90 Å². The van der Waals surface area contributed by atoms with Gasteiger partial charge >= 0.3 is 0 Å². The second-order valence-corrected chi connectivity index (χ2v) is 7.66. The van der Waals surface area contributed by atoms with Gasteiger partial charge in [0.1, 0.15) is 0 Å². The zero-order valence-corrected chi connectivity index (χ0v) is 16.4. The monoisotopic (exact) mass is 399 g/mol. The summed E-state index contributed by atoms with van der Waals surface area (Å²) in [4.78, 5) is 21.5. The topological polar surface area (TPSA) is 36.4 Å². The SMILES string of the molecule is CC1CN(c2ccnc3cc(Cl)ccc23)CCN1C(=O)c1ccc(Cl)cc1. The molecule has 27 heavy (non-hydrogen) atoms. The Morgan fingerprint density at radius 3 is 2.52 bits per heavy atom. The number of hydrogen-bond acceptors (Lipinski definition) is 3. The molecular formula is C21H19Cl2N3O. The molecule has 4 rings (SSSR count). The molecule has 1 aliphatic heterocycles. The van der Waals surface area contributed by atoms with Crippen molar-refractivity contribution in [3.63, 3.8) is 0 Å². The lowest BCUT2D eigenvalue weighted by Crippen LogP contribution is -2.54. The lowest BCUT2D eigenvalue weighted by atomic mass is 10.1. The average Bonchev–Trinajstić information content (AvgIpc) is 2.67. The molecule has 6 heteroatoms. The van der Waals surface area contributed by atoms with Crippen molar-refractivity contribution in [1.29, 1.82) is 0 Å². The van der Waals surface area contributed by atoms with E-state index in [-0.39, 0.29) is 11.9 Å². The molecule has 4 nitrogen and oxygen atoms in total. The normalized spacial score (nSPS) is 17.4. The second kappa shape index (κ2) is 7.37. The lowest BCUT2D eigenvalue weighted by Gasteiger charge is -2.41. The van der Waals surface area contributed by atoms with E-state index >= 15 is 0 Å². The lowest BCUT2D eigenvalue weighted by molar-refractivity contribution is 0.0674. The summed E-state index contributed by atoms with van der Waals surface area (Å²) in [7, 11) is 0. The van der Waals surface area contributed by atoms with Crippen LogP contribution in [0.4, 0.5) is 5.69 Å². The molecule has 0 spiro atoms. The van der Waals surface area contributed by atoms with Crippen molar-refractivity contribution < 1.29 is 4.79 Å². The summed E-state index contributed by atoms with van der Waals surface area (Å²) >= 11 is 12.0. The molecule has 1 aliphatic rings. The number of nitrogens with zero attached hydrogens (tertiary/aromatic N) is 3. The number of piperazine rings is 1. The van der Waals surface area contributed by atoms with Gasteiger partial charge in [0.25, 0.3) is 5.91 Å². The summed E-state index contributed by atoms with van der Waals surface area (Å²) < 4.78 is 0. The number of anilines is 1. The largest absolute Gasteiger partial charge is 0.367 e. The maximum atomic E-state index is 12.9. The van der Waals surface area contributed by atoms with Crippen LogP contribution in [0.3, 0.4) is 0 Å². The van der Waals surface area contributed by atoms with E-state index in [0.717, 1.165) is 29.7 Å². The van der Waals surface area contributed by atoms with Crippen LogP contribution in [-0.2, 0) is 0 Å². The molecule has 138 valence electrons. The zero-order chi connectivity index (χ0) is 19.0. The van der Waals surface area contributed by atoms with Crippen molar-refractivity contribution in [2.45, 2.75) is 13.0 Å². The van der Waals surface area contributed by atoms with Gasteiger partial charge < -0.3 is 9.80 Å². The Kier molecular flexibility index (Phi) is 4.94. The molecule has 0 radical (unpaired) electrons. The third-order valence-corrected chi connectivity index (χ3v) is 5.49. The van der Waals surface area contributed by atoms with Gasteiger partial charge in [-0.25, -0.2) is 0 Å². The number of hydrogen-bond donors (Lipinski definition) is 0. The standard InChI is InChI=1S/C21H19Cl2N3O/c1-14-13-25(20-8-9-24-19-12-17(23)6-7-18(19)20)10-11-26(14)21(27)15-2-4-16(22)5-3-15/h2-9,12,14H,10-11,13H2,1H3. The molecule has 1 aromatic heterocycles. The van der Waals surface area contributed by atoms with Crippen LogP contribution in [0.1, 0.15) is 17.3 Å². The first-order valence-corrected chi connectivity index (χ1v) is 9.64. The first kappa shape index (κ1) is 18.1. The molecule has 1 fully saturated rings. The molecule has 1 amide bonds. The Balaban J connectivity index is 1.55. The summed E-state index contributed by atoms with van der Waals surface area (Å²) in [6.45, 7) is 4.28. The quantitative estimate of drug-likeness (QED) is 0.615. The van der Waals surface area contributed by atoms with Crippen LogP contribution in [0.15, 0.2) is 54.7 Å². The van der Waals surface area contributed by atoms with Crippen molar-refractivity contribution in [2.75, 3.05) is 24.5 Å². The van der Waals surface area contributed by atoms with Gasteiger partial charge in [-0.1, -0.05) is 23.2 Å². The van der Waals surface area contributed by atoms with Gasteiger partial charge in [-0.15, -0.1) is 0 Å². The third-order valence-electron chi connectivity index (χ3n) is 5.00. The maximum absolute atomic E-state index is 12.9. The Hall–Kier alpha value is -2.30. The zero-order valence-electron chi connectivity index (χ0n) is 14.9. The van der Waals surface area contributed by atoms with Crippen molar-refractivity contribution in [3.8, 4) is 0 Å². The second-order valence-electron chi connectivity index (χ2n) is 6.79. The average molecular weight is 400 g/mol. The number of fused-ring (bicyclic) bond motifs is 1. The first-order chi connectivity index (χ1) is 13.0. The van der Waals surface area contributed by atoms with Crippen molar-refractivity contribution in [1.82, 2.24) is 9.88 Å². The summed E-state index contributed by atoms with van der Waals surface area (Å²) in [5.74, 6) is 0.0465. The smallest absolute Gasteiger partial charge is 0.254 e. The Morgan fingerprint density at radius 2 is 1.78 bits per heavy atom. The Morgan fingerprint density at radius 1 is 1.04 bits per heavy atom. The molecule has 0 bridgehead atoms. The van der Waals surface area contributed by atoms with Crippen LogP contribution in [0, 0.1) is 0 Å². The molecule has 0 N–H and O–H groups in total. The summed E-state index contributed by atoms with van der Waals surface area (Å²) in [6, 6.07) is 15.0. The highest BCUT2D eigenvalue weighted by molar-refractivity contribution is 6.31. The molecule has 1 unspecified atom stereocenters. The highest BCUT2D eigenvalue weighted by Gasteiger charge is 2.28. The van der Waals surface area contributed by atoms with Crippen LogP contribution in [0.2, 0.25) is 10.0 Å². The highest BCUT2D eigenvalue weighted by Crippen LogP contribution is 2.29. The minimum atomic E-state index is 0.0465. The number of rotatable bonds is 2. The van der Waals surface area contributed by atoms with E-state index in [2.05, 4.69) is 16.8 Å². The number of amides is 1. The minimum Gasteiger partial charge on any atom is -0.367 e. The molecule has 2 heterocycles. The minimum absolute atomic E-state index is 0.0465. The Bertz CT molecular complexity index is 990. The van der Waals surface area contributed by atoms with Gasteiger partial charge in [0.2, 0.25) is 0 Å². The van der Waals surface area contributed by atoms with Crippen LogP contribution in [-0.4, -0.2) is 41.5 Å². The van der Waals surface area contributed by atoms with Gasteiger partial charge in [0, 0.05) is 58.6 Å². The van der Waals surface area contributed by atoms with E-state index in [1.165, 1.54) is 0 Å². The third kappa shape index (κ3) is 3.60. The molecule has 0 saturated carbocycles. The summed E-state index contributed by atoms with van der Waals surface area (Å²) in [6.07, 6.45) is 1.81. The fraction of sp³-hybridized carbons (Fsp3) is 0.238. The molecule has 3 aromatic rings.